The van der Waals surface area contributed by atoms with Crippen LogP contribution in [0.5, 0.6) is 17.2 Å². The van der Waals surface area contributed by atoms with E-state index in [1.54, 1.807) is 24.3 Å². The van der Waals surface area contributed by atoms with Gasteiger partial charge in [-0.2, -0.15) is 0 Å². The summed E-state index contributed by atoms with van der Waals surface area (Å²) in [5, 5.41) is 10.5. The molecule has 0 heterocycles. The summed E-state index contributed by atoms with van der Waals surface area (Å²) in [5.41, 5.74) is 0.904. The number of ether oxygens (including phenoxy) is 3. The average Bonchev–Trinajstić information content (AvgIpc) is 2.52. The molecule has 0 aromatic heterocycles. The van der Waals surface area contributed by atoms with Crippen molar-refractivity contribution in [2.45, 2.75) is 6.10 Å². The second kappa shape index (κ2) is 6.45. The van der Waals surface area contributed by atoms with Crippen LogP contribution < -0.4 is 14.2 Å². The molecule has 0 aliphatic carbocycles. The molecule has 21 heavy (non-hydrogen) atoms. The predicted molar refractivity (Wildman–Crippen MR) is 76.6 cm³/mol. The van der Waals surface area contributed by atoms with E-state index >= 15 is 0 Å². The van der Waals surface area contributed by atoms with Gasteiger partial charge in [0.2, 0.25) is 0 Å². The minimum atomic E-state index is -1.03. The fourth-order valence-electron chi connectivity index (χ4n) is 2.12. The Hall–Kier alpha value is -2.27. The molecule has 0 aliphatic heterocycles. The molecule has 0 radical (unpaired) electrons. The molecule has 0 saturated heterocycles. The number of aliphatic hydroxyl groups excluding tert-OH is 1. The van der Waals surface area contributed by atoms with Crippen LogP contribution >= 0.6 is 0 Å². The Bertz CT molecular complexity index is 628. The highest BCUT2D eigenvalue weighted by Gasteiger charge is 2.19. The monoisotopic (exact) mass is 292 g/mol. The highest BCUT2D eigenvalue weighted by atomic mass is 19.1. The van der Waals surface area contributed by atoms with Gasteiger partial charge in [0.05, 0.1) is 21.3 Å². The third-order valence-corrected chi connectivity index (χ3v) is 3.19. The van der Waals surface area contributed by atoms with Gasteiger partial charge in [-0.05, 0) is 23.8 Å². The number of aliphatic hydroxyl groups is 1. The van der Waals surface area contributed by atoms with Gasteiger partial charge in [0.25, 0.3) is 0 Å². The fraction of sp³-hybridized carbons (Fsp3) is 0.250. The van der Waals surface area contributed by atoms with Crippen LogP contribution in [0.1, 0.15) is 17.2 Å². The Balaban J connectivity index is 2.51. The van der Waals surface area contributed by atoms with Crippen LogP contribution in [0.25, 0.3) is 0 Å². The van der Waals surface area contributed by atoms with E-state index in [0.29, 0.717) is 28.4 Å². The summed E-state index contributed by atoms with van der Waals surface area (Å²) in [4.78, 5) is 0. The summed E-state index contributed by atoms with van der Waals surface area (Å²) in [6.07, 6.45) is -1.03. The van der Waals surface area contributed by atoms with Crippen LogP contribution in [-0.2, 0) is 0 Å². The standard InChI is InChI=1S/C16H17FO4/c1-19-13-9-15(21-3)14(20-2)8-12(13)16(18)10-5-4-6-11(17)7-10/h4-9,16,18H,1-3H3. The molecule has 0 bridgehead atoms. The lowest BCUT2D eigenvalue weighted by Crippen LogP contribution is -2.04. The predicted octanol–water partition coefficient (Wildman–Crippen LogP) is 2.93. The molecule has 2 aromatic carbocycles. The molecule has 1 N–H and O–H groups in total. The second-order valence-corrected chi connectivity index (χ2v) is 4.41. The van der Waals surface area contributed by atoms with Gasteiger partial charge in [0.15, 0.2) is 11.5 Å². The number of halogens is 1. The highest BCUT2D eigenvalue weighted by molar-refractivity contribution is 5.53. The maximum atomic E-state index is 13.3. The van der Waals surface area contributed by atoms with Crippen molar-refractivity contribution in [3.05, 3.63) is 53.3 Å². The Labute approximate surface area is 122 Å². The van der Waals surface area contributed by atoms with Crippen molar-refractivity contribution in [3.8, 4) is 17.2 Å². The SMILES string of the molecule is COc1cc(OC)c(C(O)c2cccc(F)c2)cc1OC. The third-order valence-electron chi connectivity index (χ3n) is 3.19. The zero-order valence-corrected chi connectivity index (χ0v) is 12.1. The minimum absolute atomic E-state index is 0.411. The smallest absolute Gasteiger partial charge is 0.164 e. The van der Waals surface area contributed by atoms with Gasteiger partial charge >= 0.3 is 0 Å². The van der Waals surface area contributed by atoms with Crippen molar-refractivity contribution < 1.29 is 23.7 Å². The largest absolute Gasteiger partial charge is 0.496 e. The molecule has 4 nitrogen and oxygen atoms in total. The Morgan fingerprint density at radius 3 is 2.10 bits per heavy atom. The maximum absolute atomic E-state index is 13.3. The third kappa shape index (κ3) is 3.08. The van der Waals surface area contributed by atoms with Crippen LogP contribution in [0.4, 0.5) is 4.39 Å². The van der Waals surface area contributed by atoms with Crippen molar-refractivity contribution in [3.63, 3.8) is 0 Å². The van der Waals surface area contributed by atoms with Crippen LogP contribution in [0.2, 0.25) is 0 Å². The van der Waals surface area contributed by atoms with Gasteiger partial charge in [-0.25, -0.2) is 4.39 Å². The lowest BCUT2D eigenvalue weighted by molar-refractivity contribution is 0.213. The second-order valence-electron chi connectivity index (χ2n) is 4.41. The molecule has 0 fully saturated rings. The van der Waals surface area contributed by atoms with Crippen LogP contribution in [-0.4, -0.2) is 26.4 Å². The normalized spacial score (nSPS) is 11.9. The molecule has 2 rings (SSSR count). The summed E-state index contributed by atoms with van der Waals surface area (Å²) in [6, 6.07) is 9.03. The van der Waals surface area contributed by atoms with E-state index < -0.39 is 11.9 Å². The van der Waals surface area contributed by atoms with Gasteiger partial charge in [-0.3, -0.25) is 0 Å². The van der Waals surface area contributed by atoms with E-state index in [-0.39, 0.29) is 0 Å². The zero-order chi connectivity index (χ0) is 15.4. The van der Waals surface area contributed by atoms with Crippen molar-refractivity contribution in [1.82, 2.24) is 0 Å². The van der Waals surface area contributed by atoms with E-state index in [0.717, 1.165) is 0 Å². The van der Waals surface area contributed by atoms with Crippen molar-refractivity contribution >= 4 is 0 Å². The highest BCUT2D eigenvalue weighted by Crippen LogP contribution is 2.39. The first-order valence-corrected chi connectivity index (χ1v) is 6.34. The van der Waals surface area contributed by atoms with Gasteiger partial charge in [0.1, 0.15) is 17.7 Å². The van der Waals surface area contributed by atoms with Crippen LogP contribution in [0, 0.1) is 5.82 Å². The van der Waals surface area contributed by atoms with Gasteiger partial charge in [0, 0.05) is 11.6 Å². The number of hydrogen-bond acceptors (Lipinski definition) is 4. The van der Waals surface area contributed by atoms with Gasteiger partial charge < -0.3 is 19.3 Å². The molecule has 0 amide bonds. The lowest BCUT2D eigenvalue weighted by atomic mass is 10.00. The Morgan fingerprint density at radius 2 is 1.52 bits per heavy atom. The summed E-state index contributed by atoms with van der Waals surface area (Å²) >= 11 is 0. The van der Waals surface area contributed by atoms with Gasteiger partial charge in [-0.1, -0.05) is 12.1 Å². The Morgan fingerprint density at radius 1 is 0.905 bits per heavy atom. The number of rotatable bonds is 5. The summed E-state index contributed by atoms with van der Waals surface area (Å²) in [5.74, 6) is 0.976. The first-order valence-electron chi connectivity index (χ1n) is 6.34. The van der Waals surface area contributed by atoms with Crippen molar-refractivity contribution in [1.29, 1.82) is 0 Å². The average molecular weight is 292 g/mol. The zero-order valence-electron chi connectivity index (χ0n) is 12.1. The van der Waals surface area contributed by atoms with Crippen molar-refractivity contribution in [2.75, 3.05) is 21.3 Å². The first-order chi connectivity index (χ1) is 10.1. The number of benzene rings is 2. The van der Waals surface area contributed by atoms with Gasteiger partial charge in [-0.15, -0.1) is 0 Å². The first kappa shape index (κ1) is 15.1. The molecule has 0 spiro atoms. The quantitative estimate of drug-likeness (QED) is 0.920. The fourth-order valence-corrected chi connectivity index (χ4v) is 2.12. The lowest BCUT2D eigenvalue weighted by Gasteiger charge is -2.18. The Kier molecular flexibility index (Phi) is 4.65. The van der Waals surface area contributed by atoms with E-state index in [9.17, 15) is 9.50 Å². The summed E-state index contributed by atoms with van der Waals surface area (Å²) < 4.78 is 29.0. The van der Waals surface area contributed by atoms with E-state index in [1.807, 2.05) is 0 Å². The van der Waals surface area contributed by atoms with E-state index in [1.165, 1.54) is 33.5 Å². The molecule has 112 valence electrons. The number of hydrogen-bond donors (Lipinski definition) is 1. The molecule has 0 saturated carbocycles. The topological polar surface area (TPSA) is 47.9 Å². The van der Waals surface area contributed by atoms with Crippen molar-refractivity contribution in [2.24, 2.45) is 0 Å². The van der Waals surface area contributed by atoms with E-state index in [2.05, 4.69) is 0 Å². The molecule has 2 aromatic rings. The van der Waals surface area contributed by atoms with E-state index in [4.69, 9.17) is 14.2 Å². The summed E-state index contributed by atoms with van der Waals surface area (Å²) in [7, 11) is 4.51. The molecule has 1 atom stereocenters. The molecule has 1 unspecified atom stereocenters. The molecule has 0 aliphatic rings. The molecular weight excluding hydrogens is 275 g/mol. The number of methoxy groups -OCH3 is 3. The maximum Gasteiger partial charge on any atom is 0.164 e. The summed E-state index contributed by atoms with van der Waals surface area (Å²) in [6.45, 7) is 0. The molecular formula is C16H17FO4. The minimum Gasteiger partial charge on any atom is -0.496 e. The van der Waals surface area contributed by atoms with Crippen LogP contribution in [0.15, 0.2) is 36.4 Å². The molecule has 5 heteroatoms. The van der Waals surface area contributed by atoms with Crippen LogP contribution in [0.3, 0.4) is 0 Å².